The lowest BCUT2D eigenvalue weighted by molar-refractivity contribution is 0.150. The molecule has 0 N–H and O–H groups in total. The first-order valence-corrected chi connectivity index (χ1v) is 9.48. The predicted octanol–water partition coefficient (Wildman–Crippen LogP) is 4.55. The highest BCUT2D eigenvalue weighted by molar-refractivity contribution is 5.53. The topological polar surface area (TPSA) is 51.4 Å². The Balaban J connectivity index is 1.50. The van der Waals surface area contributed by atoms with E-state index in [1.54, 1.807) is 7.11 Å². The summed E-state index contributed by atoms with van der Waals surface area (Å²) in [4.78, 5) is 7.04. The van der Waals surface area contributed by atoms with Crippen LogP contribution >= 0.6 is 0 Å². The van der Waals surface area contributed by atoms with Crippen molar-refractivity contribution in [1.82, 2.24) is 15.0 Å². The van der Waals surface area contributed by atoms with Crippen LogP contribution in [0.1, 0.15) is 31.2 Å². The molecule has 4 rings (SSSR count). The number of rotatable bonds is 8. The second-order valence-corrected chi connectivity index (χ2v) is 7.21. The Kier molecular flexibility index (Phi) is 5.21. The van der Waals surface area contributed by atoms with Gasteiger partial charge in [-0.15, -0.1) is 0 Å². The Morgan fingerprint density at radius 2 is 1.81 bits per heavy atom. The zero-order chi connectivity index (χ0) is 18.6. The first-order chi connectivity index (χ1) is 13.2. The van der Waals surface area contributed by atoms with Crippen molar-refractivity contribution in [2.45, 2.75) is 38.9 Å². The van der Waals surface area contributed by atoms with E-state index in [1.807, 2.05) is 42.5 Å². The van der Waals surface area contributed by atoms with Crippen LogP contribution in [0.5, 0.6) is 5.75 Å². The van der Waals surface area contributed by atoms with Gasteiger partial charge in [0.05, 0.1) is 13.7 Å². The largest absolute Gasteiger partial charge is 0.497 e. The average Bonchev–Trinajstić information content (AvgIpc) is 3.47. The average molecular weight is 363 g/mol. The second-order valence-electron chi connectivity index (χ2n) is 7.21. The van der Waals surface area contributed by atoms with Crippen molar-refractivity contribution in [3.8, 4) is 17.1 Å². The van der Waals surface area contributed by atoms with Gasteiger partial charge in [0, 0.05) is 18.2 Å². The lowest BCUT2D eigenvalue weighted by atomic mass is 10.1. The lowest BCUT2D eigenvalue weighted by Gasteiger charge is -2.28. The van der Waals surface area contributed by atoms with E-state index >= 15 is 0 Å². The maximum atomic E-state index is 5.55. The molecule has 2 aromatic carbocycles. The summed E-state index contributed by atoms with van der Waals surface area (Å²) in [6.45, 7) is 3.81. The van der Waals surface area contributed by atoms with Crippen molar-refractivity contribution in [1.29, 1.82) is 0 Å². The maximum Gasteiger partial charge on any atom is 0.241 e. The molecule has 0 radical (unpaired) electrons. The van der Waals surface area contributed by atoms with Gasteiger partial charge in [-0.05, 0) is 43.4 Å². The molecule has 5 nitrogen and oxygen atoms in total. The number of hydrogen-bond acceptors (Lipinski definition) is 5. The number of nitrogens with zero attached hydrogens (tertiary/aromatic N) is 3. The second kappa shape index (κ2) is 7.92. The standard InChI is InChI=1S/C22H25N3O2/c1-16(18-10-11-18)25(14-17-8-12-20(26-2)13-9-17)15-21-23-22(24-27-21)19-6-4-3-5-7-19/h3-9,12-13,16,18H,10-11,14-15H2,1-2H3. The van der Waals surface area contributed by atoms with E-state index in [4.69, 9.17) is 9.26 Å². The fraction of sp³-hybridized carbons (Fsp3) is 0.364. The molecule has 1 fully saturated rings. The normalized spacial score (nSPS) is 15.1. The van der Waals surface area contributed by atoms with Gasteiger partial charge in [-0.2, -0.15) is 4.98 Å². The van der Waals surface area contributed by atoms with Crippen LogP contribution in [-0.4, -0.2) is 28.2 Å². The summed E-state index contributed by atoms with van der Waals surface area (Å²) in [5.74, 6) is 2.95. The van der Waals surface area contributed by atoms with Gasteiger partial charge in [0.25, 0.3) is 0 Å². The van der Waals surface area contributed by atoms with E-state index in [9.17, 15) is 0 Å². The molecule has 0 aliphatic heterocycles. The van der Waals surface area contributed by atoms with Gasteiger partial charge in [-0.3, -0.25) is 4.90 Å². The number of aromatic nitrogens is 2. The molecule has 1 saturated carbocycles. The van der Waals surface area contributed by atoms with Gasteiger partial charge in [-0.1, -0.05) is 47.6 Å². The molecule has 140 valence electrons. The summed E-state index contributed by atoms with van der Waals surface area (Å²) >= 11 is 0. The molecule has 1 heterocycles. The van der Waals surface area contributed by atoms with Crippen LogP contribution in [-0.2, 0) is 13.1 Å². The molecule has 5 heteroatoms. The molecule has 27 heavy (non-hydrogen) atoms. The van der Waals surface area contributed by atoms with E-state index in [-0.39, 0.29) is 0 Å². The van der Waals surface area contributed by atoms with Gasteiger partial charge < -0.3 is 9.26 Å². The molecular formula is C22H25N3O2. The molecule has 0 spiro atoms. The van der Waals surface area contributed by atoms with Crippen molar-refractivity contribution in [3.05, 3.63) is 66.1 Å². The molecule has 0 saturated heterocycles. The minimum absolute atomic E-state index is 0.485. The van der Waals surface area contributed by atoms with Crippen molar-refractivity contribution in [2.75, 3.05) is 7.11 Å². The molecule has 0 bridgehead atoms. The highest BCUT2D eigenvalue weighted by atomic mass is 16.5. The van der Waals surface area contributed by atoms with Gasteiger partial charge in [0.1, 0.15) is 5.75 Å². The Hall–Kier alpha value is -2.66. The number of methoxy groups -OCH3 is 1. The quantitative estimate of drug-likeness (QED) is 0.588. The summed E-state index contributed by atoms with van der Waals surface area (Å²) in [7, 11) is 1.69. The first-order valence-electron chi connectivity index (χ1n) is 9.48. The molecule has 1 aliphatic rings. The van der Waals surface area contributed by atoms with Crippen molar-refractivity contribution < 1.29 is 9.26 Å². The van der Waals surface area contributed by atoms with Crippen LogP contribution in [0.2, 0.25) is 0 Å². The van der Waals surface area contributed by atoms with Crippen molar-refractivity contribution >= 4 is 0 Å². The Morgan fingerprint density at radius 3 is 2.48 bits per heavy atom. The van der Waals surface area contributed by atoms with Crippen LogP contribution in [0.4, 0.5) is 0 Å². The Morgan fingerprint density at radius 1 is 1.07 bits per heavy atom. The Bertz CT molecular complexity index is 857. The monoisotopic (exact) mass is 363 g/mol. The molecular weight excluding hydrogens is 338 g/mol. The van der Waals surface area contributed by atoms with Gasteiger partial charge in [-0.25, -0.2) is 0 Å². The van der Waals surface area contributed by atoms with E-state index in [0.717, 1.165) is 23.8 Å². The first kappa shape index (κ1) is 17.7. The predicted molar refractivity (Wildman–Crippen MR) is 104 cm³/mol. The number of ether oxygens (including phenoxy) is 1. The zero-order valence-corrected chi connectivity index (χ0v) is 15.8. The third-order valence-electron chi connectivity index (χ3n) is 5.26. The summed E-state index contributed by atoms with van der Waals surface area (Å²) in [6, 6.07) is 18.7. The molecule has 1 atom stereocenters. The number of hydrogen-bond donors (Lipinski definition) is 0. The summed E-state index contributed by atoms with van der Waals surface area (Å²) in [6.07, 6.45) is 2.61. The van der Waals surface area contributed by atoms with Gasteiger partial charge >= 0.3 is 0 Å². The van der Waals surface area contributed by atoms with E-state index in [0.29, 0.717) is 24.3 Å². The SMILES string of the molecule is COc1ccc(CN(Cc2nc(-c3ccccc3)no2)C(C)C2CC2)cc1. The highest BCUT2D eigenvalue weighted by Gasteiger charge is 2.32. The summed E-state index contributed by atoms with van der Waals surface area (Å²) < 4.78 is 10.8. The fourth-order valence-corrected chi connectivity index (χ4v) is 3.38. The third kappa shape index (κ3) is 4.37. The lowest BCUT2D eigenvalue weighted by Crippen LogP contribution is -2.33. The number of benzene rings is 2. The minimum atomic E-state index is 0.485. The molecule has 1 aromatic heterocycles. The highest BCUT2D eigenvalue weighted by Crippen LogP contribution is 2.36. The third-order valence-corrected chi connectivity index (χ3v) is 5.26. The van der Waals surface area contributed by atoms with Gasteiger partial charge in [0.15, 0.2) is 0 Å². The summed E-state index contributed by atoms with van der Waals surface area (Å²) in [5, 5.41) is 4.16. The van der Waals surface area contributed by atoms with Crippen LogP contribution in [0.15, 0.2) is 59.1 Å². The summed E-state index contributed by atoms with van der Waals surface area (Å²) in [5.41, 5.74) is 2.23. The molecule has 1 aliphatic carbocycles. The fourth-order valence-electron chi connectivity index (χ4n) is 3.38. The van der Waals surface area contributed by atoms with E-state index in [1.165, 1.54) is 18.4 Å². The molecule has 0 amide bonds. The zero-order valence-electron chi connectivity index (χ0n) is 15.8. The van der Waals surface area contributed by atoms with Crippen molar-refractivity contribution in [3.63, 3.8) is 0 Å². The van der Waals surface area contributed by atoms with E-state index in [2.05, 4.69) is 34.1 Å². The van der Waals surface area contributed by atoms with E-state index < -0.39 is 0 Å². The van der Waals surface area contributed by atoms with Crippen molar-refractivity contribution in [2.24, 2.45) is 5.92 Å². The Labute approximate surface area is 160 Å². The van der Waals surface area contributed by atoms with Crippen LogP contribution in [0, 0.1) is 5.92 Å². The van der Waals surface area contributed by atoms with Crippen LogP contribution in [0.3, 0.4) is 0 Å². The van der Waals surface area contributed by atoms with Gasteiger partial charge in [0.2, 0.25) is 11.7 Å². The van der Waals surface area contributed by atoms with Crippen LogP contribution in [0.25, 0.3) is 11.4 Å². The molecule has 1 unspecified atom stereocenters. The smallest absolute Gasteiger partial charge is 0.241 e. The minimum Gasteiger partial charge on any atom is -0.497 e. The molecule has 3 aromatic rings. The van der Waals surface area contributed by atoms with Crippen LogP contribution < -0.4 is 4.74 Å². The maximum absolute atomic E-state index is 5.55.